The second kappa shape index (κ2) is 7.26. The summed E-state index contributed by atoms with van der Waals surface area (Å²) in [7, 11) is 1.59. The maximum atomic E-state index is 12.9. The number of thiazole rings is 1. The Morgan fingerprint density at radius 3 is 2.85 bits per heavy atom. The number of halogens is 1. The van der Waals surface area contributed by atoms with E-state index < -0.39 is 0 Å². The van der Waals surface area contributed by atoms with Crippen molar-refractivity contribution in [2.24, 2.45) is 0 Å². The van der Waals surface area contributed by atoms with Crippen molar-refractivity contribution in [3.63, 3.8) is 0 Å². The molecule has 4 aromatic rings. The van der Waals surface area contributed by atoms with Crippen LogP contribution in [0.15, 0.2) is 48.9 Å². The molecule has 0 fully saturated rings. The summed E-state index contributed by atoms with van der Waals surface area (Å²) in [6, 6.07) is 9.11. The lowest BCUT2D eigenvalue weighted by Gasteiger charge is -2.11. The number of carbonyl (C=O) groups excluding carboxylic acids is 1. The highest BCUT2D eigenvalue weighted by atomic mass is 35.5. The molecule has 7 nitrogen and oxygen atoms in total. The molecule has 0 unspecified atom stereocenters. The number of hydrogen-bond donors (Lipinski definition) is 1. The largest absolute Gasteiger partial charge is 0.496 e. The topological polar surface area (TPSA) is 89.9 Å². The van der Waals surface area contributed by atoms with Gasteiger partial charge in [0.1, 0.15) is 16.1 Å². The minimum absolute atomic E-state index is 0.136. The lowest BCUT2D eigenvalue weighted by atomic mass is 10.0. The molecule has 0 aliphatic rings. The molecule has 9 heteroatoms. The van der Waals surface area contributed by atoms with Crippen molar-refractivity contribution >= 4 is 44.3 Å². The van der Waals surface area contributed by atoms with Gasteiger partial charge in [-0.2, -0.15) is 0 Å². The summed E-state index contributed by atoms with van der Waals surface area (Å²) in [6.45, 7) is 0. The summed E-state index contributed by atoms with van der Waals surface area (Å²) in [5.41, 5.74) is 2.47. The van der Waals surface area contributed by atoms with E-state index >= 15 is 0 Å². The summed E-state index contributed by atoms with van der Waals surface area (Å²) in [5.74, 6) is 0.348. The number of para-hydroxylation sites is 1. The second-order valence-electron chi connectivity index (χ2n) is 5.42. The molecule has 0 aliphatic heterocycles. The summed E-state index contributed by atoms with van der Waals surface area (Å²) < 4.78 is 5.41. The van der Waals surface area contributed by atoms with E-state index in [-0.39, 0.29) is 11.2 Å². The van der Waals surface area contributed by atoms with Gasteiger partial charge in [-0.3, -0.25) is 15.1 Å². The molecule has 0 aliphatic carbocycles. The minimum Gasteiger partial charge on any atom is -0.496 e. The normalized spacial score (nSPS) is 10.7. The average molecular weight is 398 g/mol. The van der Waals surface area contributed by atoms with Crippen LogP contribution in [0.3, 0.4) is 0 Å². The van der Waals surface area contributed by atoms with E-state index in [4.69, 9.17) is 16.3 Å². The van der Waals surface area contributed by atoms with Crippen molar-refractivity contribution in [3.8, 4) is 16.9 Å². The number of benzene rings is 1. The minimum atomic E-state index is -0.309. The molecule has 0 atom stereocenters. The quantitative estimate of drug-likeness (QED) is 0.522. The molecule has 134 valence electrons. The highest BCUT2D eigenvalue weighted by Crippen LogP contribution is 2.32. The van der Waals surface area contributed by atoms with Gasteiger partial charge in [-0.1, -0.05) is 29.5 Å². The molecule has 3 heterocycles. The van der Waals surface area contributed by atoms with Crippen molar-refractivity contribution in [2.75, 3.05) is 12.4 Å². The number of ether oxygens (including phenoxy) is 1. The first kappa shape index (κ1) is 17.3. The number of rotatable bonds is 4. The molecule has 3 aromatic heterocycles. The first-order valence-electron chi connectivity index (χ1n) is 7.83. The molecular formula is C18H12ClN5O2S. The van der Waals surface area contributed by atoms with E-state index in [1.54, 1.807) is 25.6 Å². The number of carbonyl (C=O) groups is 1. The summed E-state index contributed by atoms with van der Waals surface area (Å²) >= 11 is 7.02. The van der Waals surface area contributed by atoms with Gasteiger partial charge in [0.05, 0.1) is 18.9 Å². The first-order chi connectivity index (χ1) is 13.2. The predicted octanol–water partition coefficient (Wildman–Crippen LogP) is 4.06. The lowest BCUT2D eigenvalue weighted by Crippen LogP contribution is -2.13. The van der Waals surface area contributed by atoms with Crippen LogP contribution in [-0.4, -0.2) is 33.0 Å². The van der Waals surface area contributed by atoms with E-state index in [0.717, 1.165) is 5.56 Å². The predicted molar refractivity (Wildman–Crippen MR) is 104 cm³/mol. The number of fused-ring (bicyclic) bond motifs is 1. The van der Waals surface area contributed by atoms with Gasteiger partial charge in [0.15, 0.2) is 5.13 Å². The van der Waals surface area contributed by atoms with E-state index in [0.29, 0.717) is 32.4 Å². The Balaban J connectivity index is 1.70. The van der Waals surface area contributed by atoms with Gasteiger partial charge in [-0.25, -0.2) is 15.0 Å². The average Bonchev–Trinajstić information content (AvgIpc) is 3.09. The number of aromatic nitrogens is 4. The number of nitrogens with one attached hydrogen (secondary N) is 1. The smallest absolute Gasteiger partial charge is 0.258 e. The molecule has 0 bridgehead atoms. The standard InChI is InChI=1S/C18H12ClN5O2S/c1-26-14-5-3-2-4-10(14)12-8-20-7-6-11(12)15(25)23-18-22-13-9-21-17(19)24-16(13)27-18/h2-9H,1H3,(H,22,23,25). The zero-order valence-corrected chi connectivity index (χ0v) is 15.6. The number of pyridine rings is 1. The van der Waals surface area contributed by atoms with Crippen LogP contribution in [0.1, 0.15) is 10.4 Å². The molecule has 27 heavy (non-hydrogen) atoms. The van der Waals surface area contributed by atoms with Crippen LogP contribution in [0.4, 0.5) is 5.13 Å². The Bertz CT molecular complexity index is 1150. The summed E-state index contributed by atoms with van der Waals surface area (Å²) in [5, 5.41) is 3.35. The molecule has 0 saturated carbocycles. The van der Waals surface area contributed by atoms with Crippen LogP contribution in [0.2, 0.25) is 5.28 Å². The van der Waals surface area contributed by atoms with Crippen LogP contribution in [0.5, 0.6) is 5.75 Å². The van der Waals surface area contributed by atoms with Crippen LogP contribution in [0.25, 0.3) is 21.5 Å². The number of anilines is 1. The number of nitrogens with zero attached hydrogens (tertiary/aromatic N) is 4. The van der Waals surface area contributed by atoms with Gasteiger partial charge < -0.3 is 4.74 Å². The third kappa shape index (κ3) is 3.44. The Morgan fingerprint density at radius 1 is 1.15 bits per heavy atom. The fourth-order valence-electron chi connectivity index (χ4n) is 2.61. The van der Waals surface area contributed by atoms with Gasteiger partial charge in [0, 0.05) is 23.5 Å². The van der Waals surface area contributed by atoms with Crippen molar-refractivity contribution in [1.29, 1.82) is 0 Å². The number of methoxy groups -OCH3 is 1. The molecule has 1 amide bonds. The van der Waals surface area contributed by atoms with Crippen molar-refractivity contribution in [2.45, 2.75) is 0 Å². The zero-order valence-electron chi connectivity index (χ0n) is 14.0. The van der Waals surface area contributed by atoms with Gasteiger partial charge >= 0.3 is 0 Å². The molecule has 1 aromatic carbocycles. The van der Waals surface area contributed by atoms with E-state index in [9.17, 15) is 4.79 Å². The fourth-order valence-corrected chi connectivity index (χ4v) is 3.60. The van der Waals surface area contributed by atoms with E-state index in [1.807, 2.05) is 24.3 Å². The molecule has 1 N–H and O–H groups in total. The van der Waals surface area contributed by atoms with Gasteiger partial charge in [-0.05, 0) is 23.7 Å². The number of hydrogen-bond acceptors (Lipinski definition) is 7. The van der Waals surface area contributed by atoms with Crippen LogP contribution < -0.4 is 10.1 Å². The Hall–Kier alpha value is -3.10. The Morgan fingerprint density at radius 2 is 2.00 bits per heavy atom. The molecular weight excluding hydrogens is 386 g/mol. The fraction of sp³-hybridized carbons (Fsp3) is 0.0556. The first-order valence-corrected chi connectivity index (χ1v) is 9.03. The Kier molecular flexibility index (Phi) is 4.66. The third-order valence-electron chi connectivity index (χ3n) is 3.80. The monoisotopic (exact) mass is 397 g/mol. The highest BCUT2D eigenvalue weighted by molar-refractivity contribution is 7.22. The van der Waals surface area contributed by atoms with E-state index in [2.05, 4.69) is 25.3 Å². The third-order valence-corrected chi connectivity index (χ3v) is 4.87. The van der Waals surface area contributed by atoms with Crippen LogP contribution >= 0.6 is 22.9 Å². The highest BCUT2D eigenvalue weighted by Gasteiger charge is 2.17. The second-order valence-corrected chi connectivity index (χ2v) is 6.74. The molecule has 0 saturated heterocycles. The SMILES string of the molecule is COc1ccccc1-c1cnccc1C(=O)Nc1nc2cnc(Cl)nc2s1. The van der Waals surface area contributed by atoms with Crippen LogP contribution in [0, 0.1) is 0 Å². The van der Waals surface area contributed by atoms with Crippen LogP contribution in [-0.2, 0) is 0 Å². The van der Waals surface area contributed by atoms with Gasteiger partial charge in [-0.15, -0.1) is 0 Å². The number of amides is 1. The maximum absolute atomic E-state index is 12.9. The maximum Gasteiger partial charge on any atom is 0.258 e. The van der Waals surface area contributed by atoms with Gasteiger partial charge in [0.25, 0.3) is 5.91 Å². The lowest BCUT2D eigenvalue weighted by molar-refractivity contribution is 0.102. The van der Waals surface area contributed by atoms with Crippen molar-refractivity contribution in [1.82, 2.24) is 19.9 Å². The summed E-state index contributed by atoms with van der Waals surface area (Å²) in [6.07, 6.45) is 4.72. The summed E-state index contributed by atoms with van der Waals surface area (Å²) in [4.78, 5) is 29.9. The van der Waals surface area contributed by atoms with Crippen molar-refractivity contribution < 1.29 is 9.53 Å². The molecule has 4 rings (SSSR count). The Labute approximate surface area is 163 Å². The zero-order chi connectivity index (χ0) is 18.8. The molecule has 0 radical (unpaired) electrons. The van der Waals surface area contributed by atoms with E-state index in [1.165, 1.54) is 17.5 Å². The van der Waals surface area contributed by atoms with Crippen molar-refractivity contribution in [3.05, 3.63) is 59.8 Å². The van der Waals surface area contributed by atoms with Gasteiger partial charge in [0.2, 0.25) is 5.28 Å². The molecule has 0 spiro atoms.